The standard InChI is InChI=1S/C36H24Br4/c37-33-17-19-34(38,20-18-33)31-13-5-27(6-14-31)28-7-15-32(16-8-28)36(40)23-21-35(39,22-24-36)30-11-3-26(4-12-30)25-1-9-29(33)10-2-25/h1-24H. The minimum atomic E-state index is -0.352. The number of rotatable bonds is 0. The molecule has 0 heterocycles. The van der Waals surface area contributed by atoms with Crippen molar-refractivity contribution in [2.75, 3.05) is 0 Å². The molecular formula is C36H24Br4. The van der Waals surface area contributed by atoms with Crippen molar-refractivity contribution in [2.45, 2.75) is 17.3 Å². The van der Waals surface area contributed by atoms with E-state index in [9.17, 15) is 0 Å². The van der Waals surface area contributed by atoms with Crippen molar-refractivity contribution < 1.29 is 0 Å². The van der Waals surface area contributed by atoms with Gasteiger partial charge >= 0.3 is 0 Å². The van der Waals surface area contributed by atoms with Crippen molar-refractivity contribution in [1.82, 2.24) is 0 Å². The Morgan fingerprint density at radius 2 is 0.400 bits per heavy atom. The summed E-state index contributed by atoms with van der Waals surface area (Å²) in [5, 5.41) is 0. The molecule has 16 rings (SSSR count). The lowest BCUT2D eigenvalue weighted by Gasteiger charge is -2.31. The lowest BCUT2D eigenvalue weighted by atomic mass is 9.85. The van der Waals surface area contributed by atoms with Crippen LogP contribution in [0.1, 0.15) is 22.3 Å². The zero-order chi connectivity index (χ0) is 27.6. The van der Waals surface area contributed by atoms with E-state index in [-0.39, 0.29) is 17.3 Å². The first-order valence-corrected chi connectivity index (χ1v) is 16.4. The summed E-state index contributed by atoms with van der Waals surface area (Å²) in [6, 6.07) is 35.3. The van der Waals surface area contributed by atoms with Crippen LogP contribution in [-0.4, -0.2) is 0 Å². The van der Waals surface area contributed by atoms with E-state index in [0.29, 0.717) is 0 Å². The molecule has 4 aromatic rings. The lowest BCUT2D eigenvalue weighted by molar-refractivity contribution is 0.898. The van der Waals surface area contributed by atoms with Gasteiger partial charge in [0.2, 0.25) is 0 Å². The third kappa shape index (κ3) is 4.52. The predicted octanol–water partition coefficient (Wildman–Crippen LogP) is 11.3. The minimum absolute atomic E-state index is 0.352. The molecule has 12 aliphatic rings. The Balaban J connectivity index is 1.34. The average molecular weight is 776 g/mol. The van der Waals surface area contributed by atoms with Crippen LogP contribution in [0.5, 0.6) is 0 Å². The second-order valence-electron chi connectivity index (χ2n) is 10.7. The minimum Gasteiger partial charge on any atom is -0.0709 e. The summed E-state index contributed by atoms with van der Waals surface area (Å²) in [5.41, 5.74) is 9.55. The van der Waals surface area contributed by atoms with Crippen LogP contribution in [0.25, 0.3) is 22.3 Å². The molecule has 0 unspecified atom stereocenters. The molecule has 40 heavy (non-hydrogen) atoms. The Hall–Kier alpha value is -2.24. The van der Waals surface area contributed by atoms with Crippen molar-refractivity contribution in [2.24, 2.45) is 0 Å². The summed E-state index contributed by atoms with van der Waals surface area (Å²) >= 11 is 16.0. The highest BCUT2D eigenvalue weighted by Gasteiger charge is 2.34. The van der Waals surface area contributed by atoms with Crippen molar-refractivity contribution in [3.05, 3.63) is 168 Å². The lowest BCUT2D eigenvalue weighted by Crippen LogP contribution is -2.22. The molecule has 196 valence electrons. The van der Waals surface area contributed by atoms with Crippen LogP contribution in [0.4, 0.5) is 0 Å². The number of allylic oxidation sites excluding steroid dienone is 8. The number of hydrogen-bond donors (Lipinski definition) is 0. The van der Waals surface area contributed by atoms with Crippen molar-refractivity contribution >= 4 is 63.7 Å². The fourth-order valence-corrected chi connectivity index (χ4v) is 7.75. The van der Waals surface area contributed by atoms with Gasteiger partial charge in [0.05, 0.1) is 17.3 Å². The first kappa shape index (κ1) is 26.6. The number of halogens is 4. The van der Waals surface area contributed by atoms with Crippen LogP contribution in [0.3, 0.4) is 0 Å². The van der Waals surface area contributed by atoms with E-state index in [1.165, 1.54) is 44.5 Å². The highest BCUT2D eigenvalue weighted by atomic mass is 79.9. The maximum Gasteiger partial charge on any atom is 0.0867 e. The number of hydrogen-bond acceptors (Lipinski definition) is 0. The van der Waals surface area contributed by atoms with Crippen LogP contribution in [0.2, 0.25) is 0 Å². The molecule has 0 aromatic heterocycles. The van der Waals surface area contributed by atoms with E-state index in [1.807, 2.05) is 0 Å². The maximum atomic E-state index is 4.00. The smallest absolute Gasteiger partial charge is 0.0709 e. The van der Waals surface area contributed by atoms with Crippen molar-refractivity contribution in [1.29, 1.82) is 0 Å². The molecule has 4 aromatic carbocycles. The highest BCUT2D eigenvalue weighted by molar-refractivity contribution is 9.10. The molecule has 0 amide bonds. The second kappa shape index (κ2) is 9.66. The molecule has 0 fully saturated rings. The van der Waals surface area contributed by atoms with Gasteiger partial charge in [0.1, 0.15) is 0 Å². The summed E-state index contributed by atoms with van der Waals surface area (Å²) in [6.45, 7) is 0. The normalized spacial score (nSPS) is 29.5. The molecule has 0 saturated heterocycles. The molecule has 0 N–H and O–H groups in total. The molecule has 12 aliphatic carbocycles. The van der Waals surface area contributed by atoms with Gasteiger partial charge in [-0.15, -0.1) is 0 Å². The molecule has 0 aliphatic heterocycles. The van der Waals surface area contributed by atoms with E-state index in [0.717, 1.165) is 0 Å². The molecule has 12 bridgehead atoms. The quantitative estimate of drug-likeness (QED) is 0.123. The Labute approximate surface area is 269 Å². The van der Waals surface area contributed by atoms with Crippen LogP contribution in [-0.2, 0) is 17.3 Å². The molecule has 0 radical (unpaired) electrons. The van der Waals surface area contributed by atoms with Crippen LogP contribution < -0.4 is 0 Å². The summed E-state index contributed by atoms with van der Waals surface area (Å²) in [4.78, 5) is 0. The van der Waals surface area contributed by atoms with Gasteiger partial charge in [-0.25, -0.2) is 0 Å². The first-order valence-electron chi connectivity index (χ1n) is 13.2. The highest BCUT2D eigenvalue weighted by Crippen LogP contribution is 2.47. The molecule has 0 spiro atoms. The third-order valence-electron chi connectivity index (χ3n) is 8.25. The zero-order valence-corrected chi connectivity index (χ0v) is 27.7. The number of benzene rings is 4. The Morgan fingerprint density at radius 3 is 0.550 bits per heavy atom. The van der Waals surface area contributed by atoms with Crippen molar-refractivity contribution in [3.8, 4) is 22.3 Å². The van der Waals surface area contributed by atoms with Gasteiger partial charge < -0.3 is 0 Å². The SMILES string of the molecule is BrC12C=CC(Br)(C=C1)c1ccc(cc1)-c1ccc(cc1)C1(Br)C=CC(Br)(C=C1)c1ccc(cc1)-c1ccc2cc1. The molecule has 0 saturated carbocycles. The molecule has 0 atom stereocenters. The monoisotopic (exact) mass is 772 g/mol. The summed E-state index contributed by atoms with van der Waals surface area (Å²) in [7, 11) is 0. The largest absolute Gasteiger partial charge is 0.0867 e. The Morgan fingerprint density at radius 1 is 0.250 bits per heavy atom. The van der Waals surface area contributed by atoms with E-state index in [4.69, 9.17) is 0 Å². The summed E-state index contributed by atoms with van der Waals surface area (Å²) < 4.78 is -1.41. The Bertz CT molecular complexity index is 1420. The summed E-state index contributed by atoms with van der Waals surface area (Å²) in [5.74, 6) is 0. The van der Waals surface area contributed by atoms with E-state index < -0.39 is 0 Å². The van der Waals surface area contributed by atoms with E-state index >= 15 is 0 Å². The van der Waals surface area contributed by atoms with Gasteiger partial charge in [0, 0.05) is 0 Å². The molecular weight excluding hydrogens is 752 g/mol. The van der Waals surface area contributed by atoms with Gasteiger partial charge in [0.25, 0.3) is 0 Å². The van der Waals surface area contributed by atoms with Gasteiger partial charge in [-0.1, -0.05) is 209 Å². The van der Waals surface area contributed by atoms with Gasteiger partial charge in [-0.05, 0) is 44.5 Å². The van der Waals surface area contributed by atoms with Gasteiger partial charge in [0.15, 0.2) is 0 Å². The van der Waals surface area contributed by atoms with Crippen molar-refractivity contribution in [3.63, 3.8) is 0 Å². The first-order chi connectivity index (χ1) is 19.2. The third-order valence-corrected chi connectivity index (χ3v) is 12.2. The number of alkyl halides is 4. The molecule has 4 heteroatoms. The Kier molecular flexibility index (Phi) is 6.43. The van der Waals surface area contributed by atoms with Crippen LogP contribution in [0.15, 0.2) is 146 Å². The fraction of sp³-hybridized carbons (Fsp3) is 0.111. The predicted molar refractivity (Wildman–Crippen MR) is 183 cm³/mol. The average Bonchev–Trinajstić information content (AvgIpc) is 3.00. The maximum absolute atomic E-state index is 4.00. The zero-order valence-electron chi connectivity index (χ0n) is 21.4. The van der Waals surface area contributed by atoms with Crippen LogP contribution >= 0.6 is 63.7 Å². The second-order valence-corrected chi connectivity index (χ2v) is 16.0. The molecule has 0 nitrogen and oxygen atoms in total. The van der Waals surface area contributed by atoms with Gasteiger partial charge in [-0.2, -0.15) is 0 Å². The van der Waals surface area contributed by atoms with Crippen LogP contribution in [0, 0.1) is 0 Å². The van der Waals surface area contributed by atoms with E-state index in [2.05, 4.69) is 209 Å². The van der Waals surface area contributed by atoms with Gasteiger partial charge in [-0.3, -0.25) is 0 Å². The fourth-order valence-electron chi connectivity index (χ4n) is 5.63. The summed E-state index contributed by atoms with van der Waals surface area (Å²) in [6.07, 6.45) is 17.9. The van der Waals surface area contributed by atoms with E-state index in [1.54, 1.807) is 0 Å². The topological polar surface area (TPSA) is 0 Å².